The van der Waals surface area contributed by atoms with E-state index in [4.69, 9.17) is 14.5 Å². The molecular formula is C24H23N3O3. The van der Waals surface area contributed by atoms with Gasteiger partial charge >= 0.3 is 6.09 Å². The molecule has 0 saturated heterocycles. The molecule has 0 spiro atoms. The van der Waals surface area contributed by atoms with E-state index < -0.39 is 6.09 Å². The van der Waals surface area contributed by atoms with E-state index in [1.807, 2.05) is 60.7 Å². The summed E-state index contributed by atoms with van der Waals surface area (Å²) in [4.78, 5) is 15.9. The number of carbonyl (C=O) groups is 1. The summed E-state index contributed by atoms with van der Waals surface area (Å²) in [5.74, 6) is 0.786. The maximum atomic E-state index is 11.2. The van der Waals surface area contributed by atoms with Gasteiger partial charge in [0.1, 0.15) is 5.75 Å². The smallest absolute Gasteiger partial charge is 0.406 e. The van der Waals surface area contributed by atoms with Crippen LogP contribution in [0, 0.1) is 0 Å². The number of rotatable bonds is 6. The van der Waals surface area contributed by atoms with Gasteiger partial charge in [0.15, 0.2) is 0 Å². The largest absolute Gasteiger partial charge is 0.497 e. The molecule has 3 aromatic carbocycles. The van der Waals surface area contributed by atoms with Gasteiger partial charge in [-0.1, -0.05) is 30.3 Å². The fourth-order valence-corrected chi connectivity index (χ4v) is 3.36. The summed E-state index contributed by atoms with van der Waals surface area (Å²) in [6, 6.07) is 22.1. The highest BCUT2D eigenvalue weighted by Crippen LogP contribution is 2.35. The number of amides is 1. The molecule has 0 aliphatic heterocycles. The summed E-state index contributed by atoms with van der Waals surface area (Å²) < 4.78 is 10.5. The lowest BCUT2D eigenvalue weighted by Crippen LogP contribution is -2.20. The lowest BCUT2D eigenvalue weighted by atomic mass is 10.1. The number of nitrogens with zero attached hydrogens (tertiary/aromatic N) is 1. The molecule has 0 radical (unpaired) electrons. The van der Waals surface area contributed by atoms with Gasteiger partial charge in [-0.2, -0.15) is 0 Å². The molecule has 2 N–H and O–H groups in total. The molecule has 0 atom stereocenters. The van der Waals surface area contributed by atoms with Gasteiger partial charge < -0.3 is 20.1 Å². The van der Waals surface area contributed by atoms with E-state index in [0.717, 1.165) is 44.5 Å². The van der Waals surface area contributed by atoms with Crippen LogP contribution in [0.5, 0.6) is 5.75 Å². The quantitative estimate of drug-likeness (QED) is 0.443. The lowest BCUT2D eigenvalue weighted by Gasteiger charge is -2.14. The number of nitrogens with one attached hydrogen (secondary N) is 2. The van der Waals surface area contributed by atoms with Crippen molar-refractivity contribution in [1.82, 2.24) is 10.3 Å². The average molecular weight is 401 g/mol. The first-order valence-corrected chi connectivity index (χ1v) is 9.75. The molecule has 6 heteroatoms. The van der Waals surface area contributed by atoms with Crippen molar-refractivity contribution in [2.24, 2.45) is 0 Å². The minimum Gasteiger partial charge on any atom is -0.497 e. The molecule has 152 valence electrons. The second-order valence-corrected chi connectivity index (χ2v) is 6.84. The molecule has 0 aliphatic rings. The first kappa shape index (κ1) is 19.5. The Kier molecular flexibility index (Phi) is 5.66. The SMILES string of the molecule is CNC(=O)OCCc1ccc(Nc2c3ccccc3nc3ccc(OC)cc23)cc1. The van der Waals surface area contributed by atoms with Crippen LogP contribution < -0.4 is 15.4 Å². The summed E-state index contributed by atoms with van der Waals surface area (Å²) in [6.07, 6.45) is 0.242. The zero-order valence-corrected chi connectivity index (χ0v) is 16.9. The predicted molar refractivity (Wildman–Crippen MR) is 120 cm³/mol. The van der Waals surface area contributed by atoms with E-state index in [0.29, 0.717) is 13.0 Å². The van der Waals surface area contributed by atoms with E-state index in [-0.39, 0.29) is 0 Å². The maximum Gasteiger partial charge on any atom is 0.406 e. The fraction of sp³-hybridized carbons (Fsp3) is 0.167. The van der Waals surface area contributed by atoms with Crippen LogP contribution >= 0.6 is 0 Å². The average Bonchev–Trinajstić information content (AvgIpc) is 2.79. The standard InChI is InChI=1S/C24H23N3O3/c1-25-24(28)30-14-13-16-7-9-17(10-8-16)26-23-19-5-3-4-6-21(19)27-22-12-11-18(29-2)15-20(22)23/h3-12,15H,13-14H2,1-2H3,(H,25,28)(H,26,27). The summed E-state index contributed by atoms with van der Waals surface area (Å²) in [7, 11) is 3.21. The Morgan fingerprint density at radius 2 is 1.73 bits per heavy atom. The van der Waals surface area contributed by atoms with Crippen LogP contribution in [0.2, 0.25) is 0 Å². The van der Waals surface area contributed by atoms with Crippen molar-refractivity contribution < 1.29 is 14.3 Å². The summed E-state index contributed by atoms with van der Waals surface area (Å²) in [5.41, 5.74) is 4.88. The Labute approximate surface area is 174 Å². The van der Waals surface area contributed by atoms with Crippen molar-refractivity contribution in [1.29, 1.82) is 0 Å². The lowest BCUT2D eigenvalue weighted by molar-refractivity contribution is 0.150. The summed E-state index contributed by atoms with van der Waals surface area (Å²) in [6.45, 7) is 0.339. The van der Waals surface area contributed by atoms with E-state index in [1.54, 1.807) is 14.2 Å². The van der Waals surface area contributed by atoms with Gasteiger partial charge in [0.25, 0.3) is 0 Å². The van der Waals surface area contributed by atoms with Crippen molar-refractivity contribution in [2.75, 3.05) is 26.1 Å². The normalized spacial score (nSPS) is 10.7. The van der Waals surface area contributed by atoms with Crippen LogP contribution in [0.4, 0.5) is 16.2 Å². The minimum absolute atomic E-state index is 0.339. The van der Waals surface area contributed by atoms with E-state index in [9.17, 15) is 4.79 Å². The molecule has 4 rings (SSSR count). The Hall–Kier alpha value is -3.80. The van der Waals surface area contributed by atoms with Gasteiger partial charge in [-0.3, -0.25) is 0 Å². The highest BCUT2D eigenvalue weighted by atomic mass is 16.5. The van der Waals surface area contributed by atoms with Crippen LogP contribution in [0.1, 0.15) is 5.56 Å². The molecule has 30 heavy (non-hydrogen) atoms. The van der Waals surface area contributed by atoms with Crippen molar-refractivity contribution in [3.8, 4) is 5.75 Å². The third-order valence-corrected chi connectivity index (χ3v) is 4.94. The molecule has 4 aromatic rings. The van der Waals surface area contributed by atoms with Crippen LogP contribution in [-0.4, -0.2) is 31.8 Å². The van der Waals surface area contributed by atoms with Crippen molar-refractivity contribution in [3.05, 3.63) is 72.3 Å². The van der Waals surface area contributed by atoms with Crippen LogP contribution in [0.25, 0.3) is 21.8 Å². The maximum absolute atomic E-state index is 11.2. The Morgan fingerprint density at radius 3 is 2.50 bits per heavy atom. The Balaban J connectivity index is 1.64. The van der Waals surface area contributed by atoms with Gasteiger partial charge in [-0.25, -0.2) is 9.78 Å². The first-order valence-electron chi connectivity index (χ1n) is 9.75. The topological polar surface area (TPSA) is 72.5 Å². The van der Waals surface area contributed by atoms with Crippen molar-refractivity contribution in [2.45, 2.75) is 6.42 Å². The summed E-state index contributed by atoms with van der Waals surface area (Å²) >= 11 is 0. The minimum atomic E-state index is -0.417. The number of alkyl carbamates (subject to hydrolysis) is 1. The third kappa shape index (κ3) is 4.12. The van der Waals surface area contributed by atoms with Gasteiger partial charge in [-0.05, 0) is 42.0 Å². The number of carbonyl (C=O) groups excluding carboxylic acids is 1. The molecule has 0 unspecified atom stereocenters. The van der Waals surface area contributed by atoms with E-state index >= 15 is 0 Å². The molecular weight excluding hydrogens is 378 g/mol. The van der Waals surface area contributed by atoms with Crippen molar-refractivity contribution >= 4 is 39.3 Å². The molecule has 0 aliphatic carbocycles. The zero-order valence-electron chi connectivity index (χ0n) is 16.9. The van der Waals surface area contributed by atoms with Gasteiger partial charge in [0.2, 0.25) is 0 Å². The number of anilines is 2. The number of hydrogen-bond acceptors (Lipinski definition) is 5. The Morgan fingerprint density at radius 1 is 0.967 bits per heavy atom. The third-order valence-electron chi connectivity index (χ3n) is 4.94. The number of pyridine rings is 1. The highest BCUT2D eigenvalue weighted by Gasteiger charge is 2.10. The molecule has 0 fully saturated rings. The molecule has 0 bridgehead atoms. The van der Waals surface area contributed by atoms with Crippen LogP contribution in [-0.2, 0) is 11.2 Å². The van der Waals surface area contributed by atoms with E-state index in [1.165, 1.54) is 0 Å². The zero-order chi connectivity index (χ0) is 20.9. The number of para-hydroxylation sites is 1. The highest BCUT2D eigenvalue weighted by molar-refractivity contribution is 6.09. The van der Waals surface area contributed by atoms with Crippen LogP contribution in [0.3, 0.4) is 0 Å². The second-order valence-electron chi connectivity index (χ2n) is 6.84. The Bertz CT molecular complexity index is 1190. The number of fused-ring (bicyclic) bond motifs is 2. The van der Waals surface area contributed by atoms with Gasteiger partial charge in [-0.15, -0.1) is 0 Å². The summed E-state index contributed by atoms with van der Waals surface area (Å²) in [5, 5.41) is 8.04. The molecule has 6 nitrogen and oxygen atoms in total. The predicted octanol–water partition coefficient (Wildman–Crippen LogP) is 5.04. The van der Waals surface area contributed by atoms with Crippen LogP contribution in [0.15, 0.2) is 66.7 Å². The number of aromatic nitrogens is 1. The van der Waals surface area contributed by atoms with Gasteiger partial charge in [0.05, 0.1) is 30.4 Å². The number of methoxy groups -OCH3 is 1. The number of benzene rings is 3. The number of ether oxygens (including phenoxy) is 2. The molecule has 0 saturated carbocycles. The monoisotopic (exact) mass is 401 g/mol. The first-order chi connectivity index (χ1) is 14.7. The fourth-order valence-electron chi connectivity index (χ4n) is 3.36. The molecule has 1 aromatic heterocycles. The second kappa shape index (κ2) is 8.69. The van der Waals surface area contributed by atoms with E-state index in [2.05, 4.69) is 16.7 Å². The molecule has 1 amide bonds. The van der Waals surface area contributed by atoms with Gasteiger partial charge in [0, 0.05) is 29.9 Å². The van der Waals surface area contributed by atoms with Crippen molar-refractivity contribution in [3.63, 3.8) is 0 Å². The molecule has 1 heterocycles. The number of hydrogen-bond donors (Lipinski definition) is 2.